The normalized spacial score (nSPS) is 19.1. The van der Waals surface area contributed by atoms with Crippen LogP contribution < -0.4 is 5.14 Å². The zero-order valence-corrected chi connectivity index (χ0v) is 16.6. The minimum Gasteiger partial charge on any atom is -0.339 e. The second kappa shape index (κ2) is 7.35. The van der Waals surface area contributed by atoms with Crippen LogP contribution in [0.25, 0.3) is 0 Å². The van der Waals surface area contributed by atoms with Gasteiger partial charge in [-0.1, -0.05) is 0 Å². The van der Waals surface area contributed by atoms with Gasteiger partial charge in [-0.2, -0.15) is 0 Å². The maximum absolute atomic E-state index is 12.7. The van der Waals surface area contributed by atoms with E-state index in [0.29, 0.717) is 11.6 Å². The molecule has 0 atom stereocenters. The van der Waals surface area contributed by atoms with Crippen LogP contribution in [0.5, 0.6) is 0 Å². The number of sulfonamides is 1. The molecule has 0 aliphatic carbocycles. The van der Waals surface area contributed by atoms with Crippen molar-refractivity contribution in [3.8, 4) is 0 Å². The van der Waals surface area contributed by atoms with Gasteiger partial charge in [0.05, 0.1) is 4.90 Å². The van der Waals surface area contributed by atoms with E-state index in [1.54, 1.807) is 0 Å². The number of amides is 1. The molecule has 1 aromatic carbocycles. The van der Waals surface area contributed by atoms with Crippen molar-refractivity contribution in [1.82, 2.24) is 9.80 Å². The highest BCUT2D eigenvalue weighted by atomic mass is 32.2. The lowest BCUT2D eigenvalue weighted by molar-refractivity contribution is 0.0600. The van der Waals surface area contributed by atoms with Gasteiger partial charge in [0.25, 0.3) is 5.91 Å². The van der Waals surface area contributed by atoms with Gasteiger partial charge in [0, 0.05) is 42.7 Å². The number of primary sulfonamides is 1. The van der Waals surface area contributed by atoms with E-state index >= 15 is 0 Å². The van der Waals surface area contributed by atoms with Gasteiger partial charge < -0.3 is 4.90 Å². The lowest BCUT2D eigenvalue weighted by Gasteiger charge is -2.40. The number of carbonyl (C=O) groups is 1. The Morgan fingerprint density at radius 1 is 1.07 bits per heavy atom. The molecular weight excluding hydrogens is 382 g/mol. The molecule has 0 spiro atoms. The van der Waals surface area contributed by atoms with Crippen molar-refractivity contribution in [3.63, 3.8) is 0 Å². The Balaban J connectivity index is 1.36. The van der Waals surface area contributed by atoms with Gasteiger partial charge in [-0.05, 0) is 60.5 Å². The van der Waals surface area contributed by atoms with Crippen molar-refractivity contribution >= 4 is 27.3 Å². The Hall–Kier alpha value is -1.74. The van der Waals surface area contributed by atoms with Crippen LogP contribution in [0.15, 0.2) is 40.6 Å². The molecule has 4 rings (SSSR count). The van der Waals surface area contributed by atoms with Gasteiger partial charge >= 0.3 is 0 Å². The summed E-state index contributed by atoms with van der Waals surface area (Å²) < 4.78 is 22.7. The van der Waals surface area contributed by atoms with Crippen molar-refractivity contribution in [1.29, 1.82) is 0 Å². The molecule has 27 heavy (non-hydrogen) atoms. The van der Waals surface area contributed by atoms with E-state index < -0.39 is 10.0 Å². The topological polar surface area (TPSA) is 83.7 Å². The number of nitrogens with zero attached hydrogens (tertiary/aromatic N) is 2. The monoisotopic (exact) mass is 405 g/mol. The molecule has 2 aliphatic rings. The van der Waals surface area contributed by atoms with E-state index in [-0.39, 0.29) is 10.8 Å². The summed E-state index contributed by atoms with van der Waals surface area (Å²) in [5, 5.41) is 7.28. The molecule has 3 heterocycles. The van der Waals surface area contributed by atoms with Crippen molar-refractivity contribution in [2.45, 2.75) is 36.7 Å². The molecule has 1 fully saturated rings. The molecule has 6 nitrogen and oxygen atoms in total. The molecule has 0 bridgehead atoms. The highest BCUT2D eigenvalue weighted by Gasteiger charge is 2.29. The number of carbonyl (C=O) groups excluding carboxylic acids is 1. The Labute approximate surface area is 163 Å². The van der Waals surface area contributed by atoms with Crippen molar-refractivity contribution in [2.24, 2.45) is 5.14 Å². The number of likely N-dealkylation sites (tertiary alicyclic amines) is 1. The molecule has 2 N–H and O–H groups in total. The Kier molecular flexibility index (Phi) is 5.07. The standard InChI is InChI=1S/C19H23N3O3S2/c20-27(24,25)17-3-1-14(2-4-17)19(23)21-9-5-16(6-10-21)22-11-7-18-15(13-22)8-12-26-18/h1-4,8,12,16H,5-7,9-11,13H2,(H2,20,24,25). The van der Waals surface area contributed by atoms with Gasteiger partial charge in [0.1, 0.15) is 0 Å². The Morgan fingerprint density at radius 2 is 1.78 bits per heavy atom. The van der Waals surface area contributed by atoms with Crippen molar-refractivity contribution in [2.75, 3.05) is 19.6 Å². The number of benzene rings is 1. The number of rotatable bonds is 3. The van der Waals surface area contributed by atoms with E-state index in [1.807, 2.05) is 16.2 Å². The summed E-state index contributed by atoms with van der Waals surface area (Å²) in [5.74, 6) is -0.0480. The van der Waals surface area contributed by atoms with E-state index in [2.05, 4.69) is 16.3 Å². The first-order valence-corrected chi connectivity index (χ1v) is 11.6. The van der Waals surface area contributed by atoms with Gasteiger partial charge in [-0.25, -0.2) is 13.6 Å². The van der Waals surface area contributed by atoms with Crippen molar-refractivity contribution < 1.29 is 13.2 Å². The van der Waals surface area contributed by atoms with Crippen molar-refractivity contribution in [3.05, 3.63) is 51.7 Å². The molecule has 8 heteroatoms. The quantitative estimate of drug-likeness (QED) is 0.847. The van der Waals surface area contributed by atoms with Crippen LogP contribution in [0.4, 0.5) is 0 Å². The average Bonchev–Trinajstić information content (AvgIpc) is 3.15. The van der Waals surface area contributed by atoms with Gasteiger partial charge in [-0.3, -0.25) is 9.69 Å². The number of hydrogen-bond acceptors (Lipinski definition) is 5. The minimum absolute atomic E-state index is 0.0238. The third-order valence-corrected chi connectivity index (χ3v) is 7.49. The molecule has 144 valence electrons. The number of piperidine rings is 1. The predicted octanol–water partition coefficient (Wildman–Crippen LogP) is 2.06. The maximum atomic E-state index is 12.7. The highest BCUT2D eigenvalue weighted by molar-refractivity contribution is 7.89. The molecular formula is C19H23N3O3S2. The van der Waals surface area contributed by atoms with Gasteiger partial charge in [-0.15, -0.1) is 11.3 Å². The fraction of sp³-hybridized carbons (Fsp3) is 0.421. The number of nitrogens with two attached hydrogens (primary N) is 1. The van der Waals surface area contributed by atoms with E-state index in [4.69, 9.17) is 5.14 Å². The van der Waals surface area contributed by atoms with Gasteiger partial charge in [0.2, 0.25) is 10.0 Å². The second-order valence-corrected chi connectivity index (χ2v) is 9.74. The van der Waals surface area contributed by atoms with Crippen LogP contribution in [0.1, 0.15) is 33.6 Å². The van der Waals surface area contributed by atoms with E-state index in [9.17, 15) is 13.2 Å². The number of hydrogen-bond donors (Lipinski definition) is 1. The smallest absolute Gasteiger partial charge is 0.253 e. The molecule has 2 aliphatic heterocycles. The Bertz CT molecular complexity index is 929. The first kappa shape index (κ1) is 18.6. The average molecular weight is 406 g/mol. The molecule has 2 aromatic rings. The van der Waals surface area contributed by atoms with Crippen LogP contribution in [0, 0.1) is 0 Å². The molecule has 0 radical (unpaired) electrons. The van der Waals surface area contributed by atoms with Crippen LogP contribution in [-0.2, 0) is 23.0 Å². The SMILES string of the molecule is NS(=O)(=O)c1ccc(C(=O)N2CCC(N3CCc4sccc4C3)CC2)cc1. The summed E-state index contributed by atoms with van der Waals surface area (Å²) in [7, 11) is -3.74. The first-order valence-electron chi connectivity index (χ1n) is 9.13. The predicted molar refractivity (Wildman–Crippen MR) is 105 cm³/mol. The molecule has 1 aromatic heterocycles. The summed E-state index contributed by atoms with van der Waals surface area (Å²) in [4.78, 5) is 18.7. The van der Waals surface area contributed by atoms with Crippen LogP contribution in [0.2, 0.25) is 0 Å². The van der Waals surface area contributed by atoms with E-state index in [1.165, 1.54) is 34.7 Å². The zero-order chi connectivity index (χ0) is 19.0. The number of thiophene rings is 1. The zero-order valence-electron chi connectivity index (χ0n) is 15.0. The maximum Gasteiger partial charge on any atom is 0.253 e. The van der Waals surface area contributed by atoms with Crippen LogP contribution in [-0.4, -0.2) is 49.8 Å². The van der Waals surface area contributed by atoms with E-state index in [0.717, 1.165) is 45.4 Å². The third-order valence-electron chi connectivity index (χ3n) is 5.54. The first-order chi connectivity index (χ1) is 12.9. The lowest BCUT2D eigenvalue weighted by atomic mass is 9.99. The fourth-order valence-electron chi connectivity index (χ4n) is 3.99. The largest absolute Gasteiger partial charge is 0.339 e. The molecule has 0 saturated carbocycles. The minimum atomic E-state index is -3.74. The third kappa shape index (κ3) is 3.94. The second-order valence-electron chi connectivity index (χ2n) is 7.18. The summed E-state index contributed by atoms with van der Waals surface area (Å²) in [5.41, 5.74) is 1.96. The lowest BCUT2D eigenvalue weighted by Crippen LogP contribution is -2.47. The molecule has 0 unspecified atom stereocenters. The van der Waals surface area contributed by atoms with Crippen LogP contribution in [0.3, 0.4) is 0 Å². The summed E-state index contributed by atoms with van der Waals surface area (Å²) >= 11 is 1.85. The summed E-state index contributed by atoms with van der Waals surface area (Å²) in [6, 6.07) is 8.61. The fourth-order valence-corrected chi connectivity index (χ4v) is 5.39. The van der Waals surface area contributed by atoms with Crippen LogP contribution >= 0.6 is 11.3 Å². The Morgan fingerprint density at radius 3 is 2.44 bits per heavy atom. The highest BCUT2D eigenvalue weighted by Crippen LogP contribution is 2.28. The van der Waals surface area contributed by atoms with Gasteiger partial charge in [0.15, 0.2) is 0 Å². The summed E-state index contributed by atoms with van der Waals surface area (Å²) in [6.07, 6.45) is 3.07. The molecule has 1 saturated heterocycles. The summed E-state index contributed by atoms with van der Waals surface area (Å²) in [6.45, 7) is 3.58. The molecule has 1 amide bonds. The number of fused-ring (bicyclic) bond motifs is 1.